The van der Waals surface area contributed by atoms with Crippen LogP contribution < -0.4 is 5.48 Å². The van der Waals surface area contributed by atoms with E-state index in [-0.39, 0.29) is 0 Å². The van der Waals surface area contributed by atoms with Crippen molar-refractivity contribution in [2.75, 3.05) is 5.48 Å². The van der Waals surface area contributed by atoms with E-state index in [1.54, 1.807) is 12.1 Å². The molecule has 0 fully saturated rings. The van der Waals surface area contributed by atoms with Gasteiger partial charge < -0.3 is 0 Å². The molecule has 1 rings (SSSR count). The molecule has 0 amide bonds. The van der Waals surface area contributed by atoms with Gasteiger partial charge in [0.05, 0.1) is 5.69 Å². The Balaban J connectivity index is 2.75. The number of benzene rings is 1. The molecular weight excluding hydrogens is 198 g/mol. The number of hydrogen-bond donors (Lipinski definition) is 2. The summed E-state index contributed by atoms with van der Waals surface area (Å²) in [5.41, 5.74) is 2.97. The second-order valence-corrected chi connectivity index (χ2v) is 2.62. The molecule has 0 aliphatic carbocycles. The van der Waals surface area contributed by atoms with E-state index in [1.165, 1.54) is 0 Å². The van der Waals surface area contributed by atoms with Crippen molar-refractivity contribution < 1.29 is 10.2 Å². The fraction of sp³-hybridized carbons (Fsp3) is 0. The molecule has 1 aromatic carbocycles. The van der Waals surface area contributed by atoms with Gasteiger partial charge in [0, 0.05) is 4.47 Å². The van der Waals surface area contributed by atoms with E-state index in [0.29, 0.717) is 5.69 Å². The number of nitrogens with one attached hydrogen (secondary N) is 1. The number of hydrogen-bond acceptors (Lipinski definition) is 3. The molecule has 10 heavy (non-hydrogen) atoms. The summed E-state index contributed by atoms with van der Waals surface area (Å²) in [7, 11) is 0. The van der Waals surface area contributed by atoms with Gasteiger partial charge in [0.2, 0.25) is 0 Å². The van der Waals surface area contributed by atoms with Crippen molar-refractivity contribution in [3.63, 3.8) is 0 Å². The summed E-state index contributed by atoms with van der Waals surface area (Å²) in [5.74, 6) is 0. The van der Waals surface area contributed by atoms with E-state index in [0.717, 1.165) is 4.47 Å². The van der Waals surface area contributed by atoms with Crippen LogP contribution >= 0.6 is 15.9 Å². The second-order valence-electron chi connectivity index (χ2n) is 1.70. The molecule has 2 N–H and O–H groups in total. The van der Waals surface area contributed by atoms with Crippen molar-refractivity contribution in [3.05, 3.63) is 28.7 Å². The average molecular weight is 204 g/mol. The van der Waals surface area contributed by atoms with Crippen LogP contribution in [0.5, 0.6) is 0 Å². The van der Waals surface area contributed by atoms with Crippen LogP contribution in [-0.2, 0) is 4.99 Å². The van der Waals surface area contributed by atoms with E-state index < -0.39 is 0 Å². The zero-order chi connectivity index (χ0) is 7.40. The molecule has 3 nitrogen and oxygen atoms in total. The van der Waals surface area contributed by atoms with Gasteiger partial charge in [-0.15, -0.1) is 4.99 Å². The van der Waals surface area contributed by atoms with Gasteiger partial charge in [0.15, 0.2) is 0 Å². The van der Waals surface area contributed by atoms with Gasteiger partial charge in [-0.25, -0.2) is 10.7 Å². The summed E-state index contributed by atoms with van der Waals surface area (Å²) in [6, 6.07) is 7.24. The lowest BCUT2D eigenvalue weighted by atomic mass is 10.3. The van der Waals surface area contributed by atoms with Crippen LogP contribution in [0.2, 0.25) is 0 Å². The van der Waals surface area contributed by atoms with Crippen molar-refractivity contribution in [1.29, 1.82) is 0 Å². The fourth-order valence-corrected chi connectivity index (χ4v) is 1.00. The van der Waals surface area contributed by atoms with E-state index in [4.69, 9.17) is 5.26 Å². The minimum atomic E-state index is 0.692. The van der Waals surface area contributed by atoms with Gasteiger partial charge >= 0.3 is 0 Å². The van der Waals surface area contributed by atoms with Gasteiger partial charge in [-0.05, 0) is 18.2 Å². The Bertz CT molecular complexity index is 217. The van der Waals surface area contributed by atoms with Crippen LogP contribution in [0.4, 0.5) is 5.69 Å². The van der Waals surface area contributed by atoms with Crippen molar-refractivity contribution in [2.24, 2.45) is 0 Å². The van der Waals surface area contributed by atoms with Crippen molar-refractivity contribution >= 4 is 21.6 Å². The summed E-state index contributed by atoms with van der Waals surface area (Å²) in [6.45, 7) is 0. The molecule has 0 spiro atoms. The lowest BCUT2D eigenvalue weighted by Crippen LogP contribution is -1.94. The molecule has 1 aromatic rings. The molecule has 0 bridgehead atoms. The third-order valence-corrected chi connectivity index (χ3v) is 1.48. The first-order chi connectivity index (χ1) is 4.83. The van der Waals surface area contributed by atoms with Crippen LogP contribution in [0.3, 0.4) is 0 Å². The molecule has 54 valence electrons. The smallest absolute Gasteiger partial charge is 0.0645 e. The minimum Gasteiger partial charge on any atom is -0.235 e. The molecule has 0 aliphatic heterocycles. The Morgan fingerprint density at radius 1 is 1.50 bits per heavy atom. The van der Waals surface area contributed by atoms with E-state index >= 15 is 0 Å². The maximum Gasteiger partial charge on any atom is 0.0645 e. The molecule has 0 saturated carbocycles. The van der Waals surface area contributed by atoms with Crippen molar-refractivity contribution in [2.45, 2.75) is 0 Å². The standard InChI is InChI=1S/C6H6BrNO2/c7-5-2-1-3-6(4-5)8-10-9/h1-4,8-9H. The number of rotatable bonds is 2. The molecule has 0 aromatic heterocycles. The van der Waals surface area contributed by atoms with E-state index in [9.17, 15) is 0 Å². The maximum absolute atomic E-state index is 7.98. The molecular formula is C6H6BrNO2. The third-order valence-electron chi connectivity index (χ3n) is 0.988. The Morgan fingerprint density at radius 2 is 2.30 bits per heavy atom. The number of anilines is 1. The molecule has 0 unspecified atom stereocenters. The molecule has 0 heterocycles. The van der Waals surface area contributed by atoms with Crippen LogP contribution in [0, 0.1) is 0 Å². The first-order valence-electron chi connectivity index (χ1n) is 2.65. The summed E-state index contributed by atoms with van der Waals surface area (Å²) in [4.78, 5) is 3.71. The zero-order valence-corrected chi connectivity index (χ0v) is 6.63. The van der Waals surface area contributed by atoms with Gasteiger partial charge in [-0.1, -0.05) is 22.0 Å². The summed E-state index contributed by atoms with van der Waals surface area (Å²) in [5, 5.41) is 7.98. The second kappa shape index (κ2) is 3.55. The van der Waals surface area contributed by atoms with Crippen LogP contribution in [0.15, 0.2) is 28.7 Å². The van der Waals surface area contributed by atoms with Crippen molar-refractivity contribution in [1.82, 2.24) is 0 Å². The predicted octanol–water partition coefficient (Wildman–Crippen LogP) is 2.27. The van der Waals surface area contributed by atoms with Gasteiger partial charge in [0.25, 0.3) is 0 Å². The van der Waals surface area contributed by atoms with Crippen LogP contribution in [0.25, 0.3) is 0 Å². The topological polar surface area (TPSA) is 41.5 Å². The Labute approximate surface area is 66.6 Å². The normalized spacial score (nSPS) is 9.40. The highest BCUT2D eigenvalue weighted by atomic mass is 79.9. The molecule has 4 heteroatoms. The molecule has 0 saturated heterocycles. The number of halogens is 1. The monoisotopic (exact) mass is 203 g/mol. The lowest BCUT2D eigenvalue weighted by Gasteiger charge is -1.99. The van der Waals surface area contributed by atoms with Gasteiger partial charge in [-0.3, -0.25) is 0 Å². The van der Waals surface area contributed by atoms with Gasteiger partial charge in [-0.2, -0.15) is 0 Å². The fourth-order valence-electron chi connectivity index (χ4n) is 0.605. The third kappa shape index (κ3) is 1.98. The first-order valence-corrected chi connectivity index (χ1v) is 3.44. The summed E-state index contributed by atoms with van der Waals surface area (Å²) < 4.78 is 0.926. The largest absolute Gasteiger partial charge is 0.235 e. The highest BCUT2D eigenvalue weighted by Crippen LogP contribution is 2.14. The first kappa shape index (κ1) is 7.53. The summed E-state index contributed by atoms with van der Waals surface area (Å²) >= 11 is 3.25. The Morgan fingerprint density at radius 3 is 2.90 bits per heavy atom. The van der Waals surface area contributed by atoms with Crippen molar-refractivity contribution in [3.8, 4) is 0 Å². The Hall–Kier alpha value is -0.580. The quantitative estimate of drug-likeness (QED) is 0.573. The minimum absolute atomic E-state index is 0.692. The maximum atomic E-state index is 7.98. The highest BCUT2D eigenvalue weighted by molar-refractivity contribution is 9.10. The van der Waals surface area contributed by atoms with Crippen LogP contribution in [-0.4, -0.2) is 5.26 Å². The highest BCUT2D eigenvalue weighted by Gasteiger charge is 1.89. The van der Waals surface area contributed by atoms with Crippen LogP contribution in [0.1, 0.15) is 0 Å². The SMILES string of the molecule is OONc1cccc(Br)c1. The Kier molecular flexibility index (Phi) is 2.68. The van der Waals surface area contributed by atoms with E-state index in [1.807, 2.05) is 12.1 Å². The molecule has 0 aliphatic rings. The zero-order valence-electron chi connectivity index (χ0n) is 5.04. The lowest BCUT2D eigenvalue weighted by molar-refractivity contribution is -0.215. The molecule has 0 atom stereocenters. The van der Waals surface area contributed by atoms with E-state index in [2.05, 4.69) is 26.4 Å². The average Bonchev–Trinajstić information content (AvgIpc) is 1.88. The summed E-state index contributed by atoms with van der Waals surface area (Å²) in [6.07, 6.45) is 0. The predicted molar refractivity (Wildman–Crippen MR) is 41.5 cm³/mol. The van der Waals surface area contributed by atoms with Gasteiger partial charge in [0.1, 0.15) is 0 Å². The molecule has 0 radical (unpaired) electrons.